The van der Waals surface area contributed by atoms with Crippen LogP contribution in [0.3, 0.4) is 0 Å². The number of aromatic nitrogens is 1. The third-order valence-corrected chi connectivity index (χ3v) is 9.25. The zero-order valence-corrected chi connectivity index (χ0v) is 18.8. The lowest BCUT2D eigenvalue weighted by Gasteiger charge is -2.64. The highest BCUT2D eigenvalue weighted by Gasteiger charge is 2.62. The lowest BCUT2D eigenvalue weighted by Crippen LogP contribution is -2.62. The van der Waals surface area contributed by atoms with Gasteiger partial charge in [0.1, 0.15) is 17.1 Å². The highest BCUT2D eigenvalue weighted by atomic mass is 16.5. The molecule has 5 rings (SSSR count). The Morgan fingerprint density at radius 3 is 2.63 bits per heavy atom. The standard InChI is InChI=1S/C26H33NO3/c1-16-8-10-25(4)21(24(16,2)3)9-11-26(5)22(25)13-18-20(30-26)14-19(29-23(18)28)17-7-6-12-27-15-17/h6-7,12,14-16,21-22H,8-11,13H2,1-5H3/t16-,21?,22?,25-,26+/m0/s1. The van der Waals surface area contributed by atoms with E-state index in [4.69, 9.17) is 9.15 Å². The monoisotopic (exact) mass is 407 g/mol. The summed E-state index contributed by atoms with van der Waals surface area (Å²) < 4.78 is 12.4. The maximum atomic E-state index is 13.0. The molecule has 0 spiro atoms. The van der Waals surface area contributed by atoms with E-state index in [0.29, 0.717) is 34.3 Å². The summed E-state index contributed by atoms with van der Waals surface area (Å²) in [6.45, 7) is 12.1. The molecule has 2 fully saturated rings. The van der Waals surface area contributed by atoms with Gasteiger partial charge in [0.05, 0.1) is 5.56 Å². The van der Waals surface area contributed by atoms with Crippen molar-refractivity contribution in [3.63, 3.8) is 0 Å². The van der Waals surface area contributed by atoms with Crippen LogP contribution < -0.4 is 10.4 Å². The third-order valence-electron chi connectivity index (χ3n) is 9.25. The molecule has 2 unspecified atom stereocenters. The summed E-state index contributed by atoms with van der Waals surface area (Å²) in [7, 11) is 0. The molecule has 2 aliphatic carbocycles. The topological polar surface area (TPSA) is 52.3 Å². The molecule has 160 valence electrons. The molecule has 4 nitrogen and oxygen atoms in total. The lowest BCUT2D eigenvalue weighted by molar-refractivity contribution is -0.175. The summed E-state index contributed by atoms with van der Waals surface area (Å²) in [6, 6.07) is 5.65. The summed E-state index contributed by atoms with van der Waals surface area (Å²) >= 11 is 0. The van der Waals surface area contributed by atoms with Crippen LogP contribution in [0.2, 0.25) is 0 Å². The number of nitrogens with zero attached hydrogens (tertiary/aromatic N) is 1. The fourth-order valence-electron chi connectivity index (χ4n) is 7.14. The molecule has 0 saturated heterocycles. The first kappa shape index (κ1) is 19.8. The zero-order valence-electron chi connectivity index (χ0n) is 18.8. The van der Waals surface area contributed by atoms with E-state index >= 15 is 0 Å². The highest BCUT2D eigenvalue weighted by Crippen LogP contribution is 2.65. The van der Waals surface area contributed by atoms with Crippen molar-refractivity contribution in [3.05, 3.63) is 46.6 Å². The number of hydrogen-bond donors (Lipinski definition) is 0. The smallest absolute Gasteiger partial charge is 0.343 e. The van der Waals surface area contributed by atoms with Crippen molar-refractivity contribution in [2.24, 2.45) is 28.6 Å². The molecule has 0 amide bonds. The number of hydrogen-bond acceptors (Lipinski definition) is 4. The minimum atomic E-state index is -0.262. The Morgan fingerprint density at radius 2 is 1.90 bits per heavy atom. The molecule has 5 atom stereocenters. The summed E-state index contributed by atoms with van der Waals surface area (Å²) in [5.41, 5.74) is 1.49. The predicted molar refractivity (Wildman–Crippen MR) is 117 cm³/mol. The molecule has 2 aromatic heterocycles. The molecule has 30 heavy (non-hydrogen) atoms. The van der Waals surface area contributed by atoms with Gasteiger partial charge in [-0.15, -0.1) is 0 Å². The molecular weight excluding hydrogens is 374 g/mol. The van der Waals surface area contributed by atoms with E-state index < -0.39 is 0 Å². The first-order valence-corrected chi connectivity index (χ1v) is 11.4. The van der Waals surface area contributed by atoms with Gasteiger partial charge in [0.2, 0.25) is 0 Å². The molecule has 1 aliphatic heterocycles. The number of fused-ring (bicyclic) bond motifs is 4. The van der Waals surface area contributed by atoms with E-state index in [1.54, 1.807) is 12.4 Å². The van der Waals surface area contributed by atoms with Crippen LogP contribution in [-0.4, -0.2) is 10.6 Å². The van der Waals surface area contributed by atoms with E-state index in [2.05, 4.69) is 39.6 Å². The minimum Gasteiger partial charge on any atom is -0.487 e. The van der Waals surface area contributed by atoms with E-state index in [9.17, 15) is 4.79 Å². The summed E-state index contributed by atoms with van der Waals surface area (Å²) in [5.74, 6) is 2.94. The molecule has 0 radical (unpaired) electrons. The Morgan fingerprint density at radius 1 is 1.10 bits per heavy atom. The van der Waals surface area contributed by atoms with Gasteiger partial charge in [0.15, 0.2) is 0 Å². The van der Waals surface area contributed by atoms with Crippen molar-refractivity contribution in [1.29, 1.82) is 0 Å². The Labute approximate surface area is 179 Å². The molecule has 0 aromatic carbocycles. The Kier molecular flexibility index (Phi) is 4.26. The average Bonchev–Trinajstić information content (AvgIpc) is 2.70. The first-order chi connectivity index (χ1) is 14.1. The lowest BCUT2D eigenvalue weighted by atomic mass is 9.43. The fraction of sp³-hybridized carbons (Fsp3) is 0.615. The molecule has 0 bridgehead atoms. The van der Waals surface area contributed by atoms with Crippen molar-refractivity contribution in [1.82, 2.24) is 4.98 Å². The van der Waals surface area contributed by atoms with Gasteiger partial charge >= 0.3 is 5.63 Å². The largest absolute Gasteiger partial charge is 0.487 e. The van der Waals surface area contributed by atoms with Crippen molar-refractivity contribution in [2.75, 3.05) is 0 Å². The quantitative estimate of drug-likeness (QED) is 0.592. The Balaban J connectivity index is 1.57. The molecule has 0 N–H and O–H groups in total. The van der Waals surface area contributed by atoms with Crippen LogP contribution in [0.15, 0.2) is 39.8 Å². The fourth-order valence-corrected chi connectivity index (χ4v) is 7.14. The normalized spacial score (nSPS) is 36.8. The van der Waals surface area contributed by atoms with Gasteiger partial charge in [0, 0.05) is 29.9 Å². The van der Waals surface area contributed by atoms with Crippen molar-refractivity contribution >= 4 is 0 Å². The van der Waals surface area contributed by atoms with E-state index in [0.717, 1.165) is 24.3 Å². The number of rotatable bonds is 1. The van der Waals surface area contributed by atoms with Crippen LogP contribution >= 0.6 is 0 Å². The van der Waals surface area contributed by atoms with Crippen molar-refractivity contribution in [3.8, 4) is 17.1 Å². The number of ether oxygens (including phenoxy) is 1. The van der Waals surface area contributed by atoms with Crippen LogP contribution in [0.1, 0.15) is 65.9 Å². The van der Waals surface area contributed by atoms with Gasteiger partial charge < -0.3 is 9.15 Å². The molecule has 2 saturated carbocycles. The average molecular weight is 408 g/mol. The molecule has 4 heteroatoms. The van der Waals surface area contributed by atoms with Crippen LogP contribution in [0.5, 0.6) is 5.75 Å². The van der Waals surface area contributed by atoms with Crippen LogP contribution in [0.25, 0.3) is 11.3 Å². The highest BCUT2D eigenvalue weighted by molar-refractivity contribution is 5.58. The van der Waals surface area contributed by atoms with Gasteiger partial charge in [-0.3, -0.25) is 4.98 Å². The number of pyridine rings is 1. The Hall–Kier alpha value is -2.10. The second-order valence-electron chi connectivity index (χ2n) is 11.0. The van der Waals surface area contributed by atoms with Gasteiger partial charge in [-0.05, 0) is 73.8 Å². The third kappa shape index (κ3) is 2.72. The summed E-state index contributed by atoms with van der Waals surface area (Å²) in [4.78, 5) is 17.2. The van der Waals surface area contributed by atoms with Gasteiger partial charge in [-0.1, -0.05) is 27.7 Å². The predicted octanol–water partition coefficient (Wildman–Crippen LogP) is 5.88. The van der Waals surface area contributed by atoms with E-state index in [1.807, 2.05) is 18.2 Å². The molecular formula is C26H33NO3. The zero-order chi connectivity index (χ0) is 21.3. The van der Waals surface area contributed by atoms with Gasteiger partial charge in [-0.25, -0.2) is 4.79 Å². The van der Waals surface area contributed by atoms with Gasteiger partial charge in [-0.2, -0.15) is 0 Å². The molecule has 2 aromatic rings. The molecule has 3 aliphatic rings. The van der Waals surface area contributed by atoms with Crippen LogP contribution in [-0.2, 0) is 6.42 Å². The molecule has 3 heterocycles. The van der Waals surface area contributed by atoms with Crippen molar-refractivity contribution < 1.29 is 9.15 Å². The maximum absolute atomic E-state index is 13.0. The van der Waals surface area contributed by atoms with Gasteiger partial charge in [0.25, 0.3) is 0 Å². The van der Waals surface area contributed by atoms with E-state index in [-0.39, 0.29) is 16.6 Å². The van der Waals surface area contributed by atoms with Crippen LogP contribution in [0.4, 0.5) is 0 Å². The Bertz CT molecular complexity index is 1030. The van der Waals surface area contributed by atoms with Crippen LogP contribution in [0, 0.1) is 28.6 Å². The first-order valence-electron chi connectivity index (χ1n) is 11.4. The van der Waals surface area contributed by atoms with Crippen molar-refractivity contribution in [2.45, 2.75) is 72.3 Å². The van der Waals surface area contributed by atoms with E-state index in [1.165, 1.54) is 19.3 Å². The summed E-state index contributed by atoms with van der Waals surface area (Å²) in [6.07, 6.45) is 8.86. The second kappa shape index (κ2) is 6.45. The summed E-state index contributed by atoms with van der Waals surface area (Å²) in [5, 5.41) is 0. The minimum absolute atomic E-state index is 0.176. The SMILES string of the molecule is C[C@H]1CC[C@@]2(C)C(CC[C@@]3(C)Oc4cc(-c5cccnc5)oc(=O)c4CC23)C1(C)C. The maximum Gasteiger partial charge on any atom is 0.343 e. The second-order valence-corrected chi connectivity index (χ2v) is 11.0.